The molecular formula is C19H21ClN2. The van der Waals surface area contributed by atoms with Crippen LogP contribution in [0.3, 0.4) is 0 Å². The van der Waals surface area contributed by atoms with Crippen LogP contribution in [0.4, 0.5) is 5.69 Å². The maximum Gasteiger partial charge on any atom is 0.0487 e. The average molecular weight is 313 g/mol. The molecule has 0 bridgehead atoms. The van der Waals surface area contributed by atoms with Gasteiger partial charge in [0.25, 0.3) is 0 Å². The number of benzene rings is 2. The summed E-state index contributed by atoms with van der Waals surface area (Å²) in [5.74, 6) is 0.582. The van der Waals surface area contributed by atoms with Gasteiger partial charge in [0.2, 0.25) is 0 Å². The van der Waals surface area contributed by atoms with Crippen LogP contribution in [0.5, 0.6) is 0 Å². The number of aryl methyl sites for hydroxylation is 1. The summed E-state index contributed by atoms with van der Waals surface area (Å²) in [6.45, 7) is 4.28. The summed E-state index contributed by atoms with van der Waals surface area (Å²) in [4.78, 5) is 0. The van der Waals surface area contributed by atoms with Gasteiger partial charge in [-0.05, 0) is 61.7 Å². The first-order valence-electron chi connectivity index (χ1n) is 8.11. The Labute approximate surface area is 136 Å². The lowest BCUT2D eigenvalue weighted by atomic mass is 9.86. The number of fused-ring (bicyclic) bond motifs is 3. The zero-order valence-electron chi connectivity index (χ0n) is 12.8. The lowest BCUT2D eigenvalue weighted by Gasteiger charge is -2.18. The summed E-state index contributed by atoms with van der Waals surface area (Å²) in [5, 5.41) is 8.10. The van der Waals surface area contributed by atoms with Gasteiger partial charge in [-0.2, -0.15) is 0 Å². The highest BCUT2D eigenvalue weighted by Gasteiger charge is 2.34. The Hall–Kier alpha value is -1.51. The molecule has 0 saturated carbocycles. The van der Waals surface area contributed by atoms with Crippen molar-refractivity contribution in [2.45, 2.75) is 31.7 Å². The molecule has 0 unspecified atom stereocenters. The smallest absolute Gasteiger partial charge is 0.0487 e. The van der Waals surface area contributed by atoms with Gasteiger partial charge in [0.1, 0.15) is 0 Å². The SMILES string of the molecule is Cc1ccc(-c2cccc3c2[C@H]2CCNCC[C@@H]2N3)c(Cl)c1. The molecule has 2 N–H and O–H groups in total. The van der Waals surface area contributed by atoms with E-state index in [0.717, 1.165) is 23.7 Å². The minimum Gasteiger partial charge on any atom is -0.381 e. The maximum absolute atomic E-state index is 6.54. The van der Waals surface area contributed by atoms with E-state index < -0.39 is 0 Å². The summed E-state index contributed by atoms with van der Waals surface area (Å²) < 4.78 is 0. The molecule has 2 heterocycles. The van der Waals surface area contributed by atoms with E-state index in [0.29, 0.717) is 12.0 Å². The fourth-order valence-corrected chi connectivity index (χ4v) is 4.26. The molecular weight excluding hydrogens is 292 g/mol. The third kappa shape index (κ3) is 2.31. The summed E-state index contributed by atoms with van der Waals surface area (Å²) in [6, 6.07) is 13.5. The van der Waals surface area contributed by atoms with Gasteiger partial charge < -0.3 is 10.6 Å². The Morgan fingerprint density at radius 2 is 1.91 bits per heavy atom. The van der Waals surface area contributed by atoms with Crippen LogP contribution in [-0.4, -0.2) is 19.1 Å². The van der Waals surface area contributed by atoms with Gasteiger partial charge in [-0.15, -0.1) is 0 Å². The first-order valence-corrected chi connectivity index (χ1v) is 8.48. The van der Waals surface area contributed by atoms with E-state index >= 15 is 0 Å². The molecule has 0 radical (unpaired) electrons. The fourth-order valence-electron chi connectivity index (χ4n) is 3.92. The molecule has 2 aromatic carbocycles. The summed E-state index contributed by atoms with van der Waals surface area (Å²) in [5.41, 5.74) is 6.41. The topological polar surface area (TPSA) is 24.1 Å². The van der Waals surface area contributed by atoms with Gasteiger partial charge in [-0.3, -0.25) is 0 Å². The van der Waals surface area contributed by atoms with Crippen molar-refractivity contribution in [3.63, 3.8) is 0 Å². The predicted octanol–water partition coefficient (Wildman–Crippen LogP) is 4.58. The second-order valence-electron chi connectivity index (χ2n) is 6.43. The van der Waals surface area contributed by atoms with Gasteiger partial charge in [0.05, 0.1) is 0 Å². The van der Waals surface area contributed by atoms with Crippen molar-refractivity contribution < 1.29 is 0 Å². The largest absolute Gasteiger partial charge is 0.381 e. The van der Waals surface area contributed by atoms with Crippen LogP contribution >= 0.6 is 11.6 Å². The molecule has 1 fully saturated rings. The molecule has 2 aliphatic heterocycles. The molecule has 2 atom stereocenters. The Morgan fingerprint density at radius 1 is 1.05 bits per heavy atom. The van der Waals surface area contributed by atoms with E-state index in [1.807, 2.05) is 0 Å². The Kier molecular flexibility index (Phi) is 3.59. The van der Waals surface area contributed by atoms with E-state index in [2.05, 4.69) is 54.0 Å². The lowest BCUT2D eigenvalue weighted by molar-refractivity contribution is 0.579. The van der Waals surface area contributed by atoms with Gasteiger partial charge in [0.15, 0.2) is 0 Å². The summed E-state index contributed by atoms with van der Waals surface area (Å²) >= 11 is 6.54. The Morgan fingerprint density at radius 3 is 2.77 bits per heavy atom. The van der Waals surface area contributed by atoms with Crippen molar-refractivity contribution >= 4 is 17.3 Å². The van der Waals surface area contributed by atoms with E-state index in [9.17, 15) is 0 Å². The predicted molar refractivity (Wildman–Crippen MR) is 93.9 cm³/mol. The molecule has 2 aliphatic rings. The zero-order valence-corrected chi connectivity index (χ0v) is 13.6. The van der Waals surface area contributed by atoms with Gasteiger partial charge >= 0.3 is 0 Å². The van der Waals surface area contributed by atoms with Crippen molar-refractivity contribution in [1.82, 2.24) is 5.32 Å². The molecule has 3 heteroatoms. The number of hydrogen-bond acceptors (Lipinski definition) is 2. The molecule has 0 amide bonds. The van der Waals surface area contributed by atoms with Gasteiger partial charge in [-0.25, -0.2) is 0 Å². The minimum atomic E-state index is 0.551. The van der Waals surface area contributed by atoms with Crippen LogP contribution in [0.1, 0.15) is 29.9 Å². The molecule has 22 heavy (non-hydrogen) atoms. The summed E-state index contributed by atoms with van der Waals surface area (Å²) in [6.07, 6.45) is 2.37. The molecule has 0 aliphatic carbocycles. The normalized spacial score (nSPS) is 23.4. The van der Waals surface area contributed by atoms with Crippen LogP contribution in [0.25, 0.3) is 11.1 Å². The summed E-state index contributed by atoms with van der Waals surface area (Å²) in [7, 11) is 0. The van der Waals surface area contributed by atoms with Crippen LogP contribution in [0, 0.1) is 6.92 Å². The number of anilines is 1. The van der Waals surface area contributed by atoms with E-state index in [1.54, 1.807) is 0 Å². The Balaban J connectivity index is 1.84. The van der Waals surface area contributed by atoms with Crippen LogP contribution < -0.4 is 10.6 Å². The quantitative estimate of drug-likeness (QED) is 0.805. The second-order valence-corrected chi connectivity index (χ2v) is 6.84. The highest BCUT2D eigenvalue weighted by atomic mass is 35.5. The van der Waals surface area contributed by atoms with Crippen LogP contribution in [0.2, 0.25) is 5.02 Å². The van der Waals surface area contributed by atoms with Crippen molar-refractivity contribution in [2.75, 3.05) is 18.4 Å². The number of halogens is 1. The molecule has 1 saturated heterocycles. The van der Waals surface area contributed by atoms with E-state index in [1.165, 1.54) is 35.2 Å². The Bertz CT molecular complexity index is 711. The van der Waals surface area contributed by atoms with Crippen molar-refractivity contribution in [3.05, 3.63) is 52.5 Å². The number of hydrogen-bond donors (Lipinski definition) is 2. The average Bonchev–Trinajstić information content (AvgIpc) is 2.70. The first-order chi connectivity index (χ1) is 10.7. The standard InChI is InChI=1S/C19H21ClN2/c1-12-5-6-13(16(20)11-12)14-3-2-4-18-19(14)15-7-9-21-10-8-17(15)22-18/h2-6,11,15,17,21-22H,7-10H2,1H3/t15-,17-/m0/s1. The molecule has 4 rings (SSSR count). The molecule has 2 nitrogen and oxygen atoms in total. The molecule has 114 valence electrons. The van der Waals surface area contributed by atoms with Gasteiger partial charge in [-0.1, -0.05) is 35.9 Å². The van der Waals surface area contributed by atoms with E-state index in [4.69, 9.17) is 11.6 Å². The minimum absolute atomic E-state index is 0.551. The number of rotatable bonds is 1. The van der Waals surface area contributed by atoms with Crippen molar-refractivity contribution in [1.29, 1.82) is 0 Å². The molecule has 2 aromatic rings. The first kappa shape index (κ1) is 14.1. The van der Waals surface area contributed by atoms with Crippen molar-refractivity contribution in [3.8, 4) is 11.1 Å². The molecule has 0 aromatic heterocycles. The number of nitrogens with one attached hydrogen (secondary N) is 2. The van der Waals surface area contributed by atoms with Crippen LogP contribution in [0.15, 0.2) is 36.4 Å². The van der Waals surface area contributed by atoms with Crippen molar-refractivity contribution in [2.24, 2.45) is 0 Å². The fraction of sp³-hybridized carbons (Fsp3) is 0.368. The third-order valence-corrected chi connectivity index (χ3v) is 5.30. The third-order valence-electron chi connectivity index (χ3n) is 4.98. The van der Waals surface area contributed by atoms with E-state index in [-0.39, 0.29) is 0 Å². The zero-order chi connectivity index (χ0) is 15.1. The highest BCUT2D eigenvalue weighted by molar-refractivity contribution is 6.33. The maximum atomic E-state index is 6.54. The monoisotopic (exact) mass is 312 g/mol. The molecule has 0 spiro atoms. The van der Waals surface area contributed by atoms with Gasteiger partial charge in [0, 0.05) is 28.2 Å². The lowest BCUT2D eigenvalue weighted by Crippen LogP contribution is -2.21. The highest BCUT2D eigenvalue weighted by Crippen LogP contribution is 2.46. The second kappa shape index (κ2) is 5.60. The van der Waals surface area contributed by atoms with Crippen LogP contribution in [-0.2, 0) is 0 Å².